The first-order valence-corrected chi connectivity index (χ1v) is 7.89. The van der Waals surface area contributed by atoms with Gasteiger partial charge in [0.05, 0.1) is 17.0 Å². The molecule has 1 aliphatic heterocycles. The van der Waals surface area contributed by atoms with E-state index in [2.05, 4.69) is 11.1 Å². The lowest BCUT2D eigenvalue weighted by atomic mass is 9.85. The first-order chi connectivity index (χ1) is 11.2. The topological polar surface area (TPSA) is 91.9 Å². The third-order valence-corrected chi connectivity index (χ3v) is 4.66. The summed E-state index contributed by atoms with van der Waals surface area (Å²) >= 11 is 1.51. The number of aromatic nitrogens is 1. The molecule has 6 heteroatoms. The molecule has 0 fully saturated rings. The zero-order valence-electron chi connectivity index (χ0n) is 11.9. The van der Waals surface area contributed by atoms with Crippen LogP contribution in [0.15, 0.2) is 57.3 Å². The van der Waals surface area contributed by atoms with Crippen LogP contribution >= 0.6 is 11.3 Å². The van der Waals surface area contributed by atoms with Gasteiger partial charge >= 0.3 is 0 Å². The van der Waals surface area contributed by atoms with Crippen molar-refractivity contribution < 1.29 is 4.74 Å². The van der Waals surface area contributed by atoms with Gasteiger partial charge in [-0.25, -0.2) is 0 Å². The first kappa shape index (κ1) is 13.6. The summed E-state index contributed by atoms with van der Waals surface area (Å²) in [6.45, 7) is 0. The van der Waals surface area contributed by atoms with Crippen molar-refractivity contribution >= 4 is 22.2 Å². The van der Waals surface area contributed by atoms with Crippen LogP contribution in [0.4, 0.5) is 0 Å². The Balaban J connectivity index is 2.11. The number of nitrogens with two attached hydrogens (primary N) is 1. The van der Waals surface area contributed by atoms with Crippen LogP contribution < -0.4 is 16.0 Å². The van der Waals surface area contributed by atoms with Crippen LogP contribution in [-0.4, -0.2) is 4.98 Å². The van der Waals surface area contributed by atoms with Crippen LogP contribution in [-0.2, 0) is 0 Å². The van der Waals surface area contributed by atoms with E-state index in [1.54, 1.807) is 6.07 Å². The van der Waals surface area contributed by atoms with Crippen LogP contribution in [0.5, 0.6) is 5.75 Å². The van der Waals surface area contributed by atoms with E-state index in [1.165, 1.54) is 11.3 Å². The number of hydrogen-bond acceptors (Lipinski definition) is 5. The van der Waals surface area contributed by atoms with Crippen molar-refractivity contribution in [2.24, 2.45) is 5.73 Å². The summed E-state index contributed by atoms with van der Waals surface area (Å²) in [7, 11) is 0. The fraction of sp³-hybridized carbons (Fsp3) is 0.0588. The standard InChI is InChI=1S/C17H11N3O2S/c18-7-11-13(9-5-6-23-8-9)14-15(22-16(11)19)10-3-1-2-4-12(10)20-17(14)21/h1-6,8,13H,19H2,(H,20,21)/t13-/m1/s1. The van der Waals surface area contributed by atoms with Gasteiger partial charge in [-0.3, -0.25) is 4.79 Å². The lowest BCUT2D eigenvalue weighted by molar-refractivity contribution is 0.397. The molecule has 3 heterocycles. The van der Waals surface area contributed by atoms with E-state index in [1.807, 2.05) is 35.0 Å². The molecule has 0 spiro atoms. The first-order valence-electron chi connectivity index (χ1n) is 6.95. The Kier molecular flexibility index (Phi) is 2.96. The second-order valence-corrected chi connectivity index (χ2v) is 6.00. The highest BCUT2D eigenvalue weighted by molar-refractivity contribution is 7.08. The lowest BCUT2D eigenvalue weighted by Gasteiger charge is -2.25. The van der Waals surface area contributed by atoms with Crippen LogP contribution in [0.25, 0.3) is 10.9 Å². The summed E-state index contributed by atoms with van der Waals surface area (Å²) in [6, 6.07) is 11.3. The number of H-pyrrole nitrogens is 1. The van der Waals surface area contributed by atoms with E-state index in [9.17, 15) is 10.1 Å². The van der Waals surface area contributed by atoms with E-state index in [0.29, 0.717) is 16.8 Å². The zero-order valence-corrected chi connectivity index (χ0v) is 12.7. The molecule has 0 amide bonds. The summed E-state index contributed by atoms with van der Waals surface area (Å²) in [5.41, 5.74) is 7.92. The third kappa shape index (κ3) is 1.94. The summed E-state index contributed by atoms with van der Waals surface area (Å²) in [4.78, 5) is 15.5. The summed E-state index contributed by atoms with van der Waals surface area (Å²) < 4.78 is 5.68. The predicted molar refractivity (Wildman–Crippen MR) is 88.2 cm³/mol. The van der Waals surface area contributed by atoms with Crippen LogP contribution in [0.2, 0.25) is 0 Å². The number of aromatic amines is 1. The molecule has 1 atom stereocenters. The number of hydrogen-bond donors (Lipinski definition) is 2. The molecule has 1 aliphatic rings. The minimum absolute atomic E-state index is 0.0481. The maximum absolute atomic E-state index is 12.6. The molecular formula is C17H11N3O2S. The van der Waals surface area contributed by atoms with Gasteiger partial charge in [0, 0.05) is 5.39 Å². The highest BCUT2D eigenvalue weighted by Gasteiger charge is 2.34. The molecule has 1 aromatic carbocycles. The molecule has 112 valence electrons. The van der Waals surface area contributed by atoms with Gasteiger partial charge in [0.2, 0.25) is 5.88 Å². The van der Waals surface area contributed by atoms with Crippen molar-refractivity contribution in [3.63, 3.8) is 0 Å². The zero-order chi connectivity index (χ0) is 16.0. The lowest BCUT2D eigenvalue weighted by Crippen LogP contribution is -2.27. The van der Waals surface area contributed by atoms with E-state index in [0.717, 1.165) is 10.9 Å². The average molecular weight is 321 g/mol. The highest BCUT2D eigenvalue weighted by atomic mass is 32.1. The van der Waals surface area contributed by atoms with Crippen LogP contribution in [0.3, 0.4) is 0 Å². The van der Waals surface area contributed by atoms with Crippen molar-refractivity contribution in [3.05, 3.63) is 74.0 Å². The smallest absolute Gasteiger partial charge is 0.256 e. The SMILES string of the molecule is N#CC1=C(N)Oc2c(c(=O)[nH]c3ccccc23)[C@@H]1c1ccsc1. The molecule has 2 aromatic heterocycles. The fourth-order valence-corrected chi connectivity index (χ4v) is 3.63. The molecule has 0 unspecified atom stereocenters. The number of nitrogens with one attached hydrogen (secondary N) is 1. The Morgan fingerprint density at radius 1 is 1.30 bits per heavy atom. The average Bonchev–Trinajstić information content (AvgIpc) is 3.08. The number of para-hydroxylation sites is 1. The van der Waals surface area contributed by atoms with E-state index < -0.39 is 5.92 Å². The number of nitriles is 1. The number of allylic oxidation sites excluding steroid dienone is 1. The molecule has 3 aromatic rings. The van der Waals surface area contributed by atoms with E-state index in [4.69, 9.17) is 10.5 Å². The Hall–Kier alpha value is -3.04. The molecule has 3 N–H and O–H groups in total. The van der Waals surface area contributed by atoms with Crippen LogP contribution in [0, 0.1) is 11.3 Å². The van der Waals surface area contributed by atoms with Gasteiger partial charge < -0.3 is 15.5 Å². The summed E-state index contributed by atoms with van der Waals surface area (Å²) in [6.07, 6.45) is 0. The van der Waals surface area contributed by atoms with Crippen molar-refractivity contribution in [1.29, 1.82) is 5.26 Å². The third-order valence-electron chi connectivity index (χ3n) is 3.96. The quantitative estimate of drug-likeness (QED) is 0.721. The van der Waals surface area contributed by atoms with Crippen molar-refractivity contribution in [2.45, 2.75) is 5.92 Å². The Morgan fingerprint density at radius 2 is 2.13 bits per heavy atom. The second kappa shape index (κ2) is 5.00. The maximum atomic E-state index is 12.6. The number of benzene rings is 1. The maximum Gasteiger partial charge on any atom is 0.256 e. The van der Waals surface area contributed by atoms with E-state index in [-0.39, 0.29) is 17.0 Å². The molecule has 4 rings (SSSR count). The largest absolute Gasteiger partial charge is 0.439 e. The van der Waals surface area contributed by atoms with Gasteiger partial charge in [-0.2, -0.15) is 16.6 Å². The highest BCUT2D eigenvalue weighted by Crippen LogP contribution is 2.43. The Morgan fingerprint density at radius 3 is 2.87 bits per heavy atom. The molecule has 0 saturated heterocycles. The minimum Gasteiger partial charge on any atom is -0.439 e. The van der Waals surface area contributed by atoms with Gasteiger partial charge in [-0.1, -0.05) is 12.1 Å². The van der Waals surface area contributed by atoms with Gasteiger partial charge in [-0.05, 0) is 34.5 Å². The van der Waals surface area contributed by atoms with Gasteiger partial charge in [0.1, 0.15) is 17.4 Å². The summed E-state index contributed by atoms with van der Waals surface area (Å²) in [5.74, 6) is -0.0349. The molecule has 0 bridgehead atoms. The number of nitrogens with zero attached hydrogens (tertiary/aromatic N) is 1. The van der Waals surface area contributed by atoms with Gasteiger partial charge in [-0.15, -0.1) is 0 Å². The predicted octanol–water partition coefficient (Wildman–Crippen LogP) is 2.81. The number of pyridine rings is 1. The minimum atomic E-state index is -0.511. The van der Waals surface area contributed by atoms with Crippen molar-refractivity contribution in [2.75, 3.05) is 0 Å². The van der Waals surface area contributed by atoms with E-state index >= 15 is 0 Å². The van der Waals surface area contributed by atoms with Crippen molar-refractivity contribution in [1.82, 2.24) is 4.98 Å². The number of thiophene rings is 1. The van der Waals surface area contributed by atoms with Gasteiger partial charge in [0.25, 0.3) is 5.56 Å². The normalized spacial score (nSPS) is 16.7. The summed E-state index contributed by atoms with van der Waals surface area (Å²) in [5, 5.41) is 14.1. The number of rotatable bonds is 1. The Labute approximate surface area is 135 Å². The molecule has 0 radical (unpaired) electrons. The molecule has 0 saturated carbocycles. The van der Waals surface area contributed by atoms with Crippen molar-refractivity contribution in [3.8, 4) is 11.8 Å². The van der Waals surface area contributed by atoms with Crippen LogP contribution in [0.1, 0.15) is 17.0 Å². The number of ether oxygens (including phenoxy) is 1. The second-order valence-electron chi connectivity index (χ2n) is 5.22. The monoisotopic (exact) mass is 321 g/mol. The van der Waals surface area contributed by atoms with Gasteiger partial charge in [0.15, 0.2) is 0 Å². The molecular weight excluding hydrogens is 310 g/mol. The molecule has 23 heavy (non-hydrogen) atoms. The molecule has 0 aliphatic carbocycles. The molecule has 5 nitrogen and oxygen atoms in total. The number of fused-ring (bicyclic) bond motifs is 3. The fourth-order valence-electron chi connectivity index (χ4n) is 2.94. The Bertz CT molecular complexity index is 1040.